The monoisotopic (exact) mass is 257 g/mol. The van der Waals surface area contributed by atoms with Crippen molar-refractivity contribution in [3.8, 4) is 0 Å². The molecule has 0 bridgehead atoms. The zero-order valence-electron chi connectivity index (χ0n) is 10.4. The van der Waals surface area contributed by atoms with Gasteiger partial charge in [-0.2, -0.15) is 0 Å². The van der Waals surface area contributed by atoms with Gasteiger partial charge in [0.1, 0.15) is 5.82 Å². The minimum atomic E-state index is -0.253. The molecule has 0 atom stereocenters. The number of nitrogens with two attached hydrogens (primary N) is 1. The van der Waals surface area contributed by atoms with E-state index < -0.39 is 0 Å². The van der Waals surface area contributed by atoms with E-state index in [1.54, 1.807) is 12.1 Å². The van der Waals surface area contributed by atoms with Crippen LogP contribution >= 0.6 is 11.8 Å². The number of thioether (sulfide) groups is 1. The van der Waals surface area contributed by atoms with Crippen molar-refractivity contribution in [3.63, 3.8) is 0 Å². The second-order valence-electron chi connectivity index (χ2n) is 4.33. The number of hydrogen-bond acceptors (Lipinski definition) is 3. The topological polar surface area (TPSA) is 35.2 Å². The minimum Gasteiger partial charge on any atom is -0.399 e. The SMILES string of the molecule is CC(C)CCOCCSc1ccc(N)cc1F. The average molecular weight is 257 g/mol. The third-order valence-corrected chi connectivity index (χ3v) is 3.29. The summed E-state index contributed by atoms with van der Waals surface area (Å²) in [6.07, 6.45) is 1.07. The van der Waals surface area contributed by atoms with E-state index in [4.69, 9.17) is 10.5 Å². The lowest BCUT2D eigenvalue weighted by atomic mass is 10.1. The molecule has 0 aliphatic heterocycles. The molecule has 0 radical (unpaired) electrons. The molecule has 1 aromatic rings. The lowest BCUT2D eigenvalue weighted by Gasteiger charge is -2.07. The van der Waals surface area contributed by atoms with Gasteiger partial charge in [0, 0.05) is 22.9 Å². The number of nitrogen functional groups attached to an aromatic ring is 1. The van der Waals surface area contributed by atoms with E-state index in [0.29, 0.717) is 23.1 Å². The van der Waals surface area contributed by atoms with Crippen molar-refractivity contribution >= 4 is 17.4 Å². The van der Waals surface area contributed by atoms with Gasteiger partial charge >= 0.3 is 0 Å². The first-order valence-corrected chi connectivity index (χ1v) is 6.83. The van der Waals surface area contributed by atoms with Gasteiger partial charge in [-0.1, -0.05) is 13.8 Å². The van der Waals surface area contributed by atoms with Crippen molar-refractivity contribution in [1.29, 1.82) is 0 Å². The average Bonchev–Trinajstić information content (AvgIpc) is 2.25. The maximum atomic E-state index is 13.4. The van der Waals surface area contributed by atoms with Crippen molar-refractivity contribution in [3.05, 3.63) is 24.0 Å². The fourth-order valence-electron chi connectivity index (χ4n) is 1.27. The van der Waals surface area contributed by atoms with Gasteiger partial charge in [0.2, 0.25) is 0 Å². The maximum absolute atomic E-state index is 13.4. The van der Waals surface area contributed by atoms with E-state index in [-0.39, 0.29) is 5.82 Å². The lowest BCUT2D eigenvalue weighted by Crippen LogP contribution is -2.02. The molecule has 0 fully saturated rings. The highest BCUT2D eigenvalue weighted by Crippen LogP contribution is 2.23. The van der Waals surface area contributed by atoms with Gasteiger partial charge in [0.25, 0.3) is 0 Å². The van der Waals surface area contributed by atoms with Crippen LogP contribution in [0.2, 0.25) is 0 Å². The highest BCUT2D eigenvalue weighted by Gasteiger charge is 2.02. The zero-order valence-corrected chi connectivity index (χ0v) is 11.2. The molecule has 0 heterocycles. The summed E-state index contributed by atoms with van der Waals surface area (Å²) in [6.45, 7) is 5.77. The van der Waals surface area contributed by atoms with Gasteiger partial charge in [-0.25, -0.2) is 4.39 Å². The van der Waals surface area contributed by atoms with Crippen LogP contribution in [0.1, 0.15) is 20.3 Å². The molecule has 0 saturated heterocycles. The highest BCUT2D eigenvalue weighted by molar-refractivity contribution is 7.99. The number of halogens is 1. The van der Waals surface area contributed by atoms with Crippen LogP contribution in [0, 0.1) is 11.7 Å². The van der Waals surface area contributed by atoms with Crippen LogP contribution in [0.25, 0.3) is 0 Å². The van der Waals surface area contributed by atoms with E-state index in [1.807, 2.05) is 0 Å². The molecular weight excluding hydrogens is 237 g/mol. The Morgan fingerprint density at radius 2 is 2.12 bits per heavy atom. The second kappa shape index (κ2) is 7.56. The van der Waals surface area contributed by atoms with Gasteiger partial charge in [0.15, 0.2) is 0 Å². The Morgan fingerprint density at radius 1 is 1.35 bits per heavy atom. The first-order valence-electron chi connectivity index (χ1n) is 5.85. The summed E-state index contributed by atoms with van der Waals surface area (Å²) in [5.74, 6) is 1.17. The van der Waals surface area contributed by atoms with Gasteiger partial charge in [-0.05, 0) is 30.5 Å². The summed E-state index contributed by atoms with van der Waals surface area (Å²) in [7, 11) is 0. The molecule has 96 valence electrons. The number of rotatable bonds is 7. The Labute approximate surface area is 107 Å². The normalized spacial score (nSPS) is 11.1. The first-order chi connectivity index (χ1) is 8.09. The Morgan fingerprint density at radius 3 is 2.76 bits per heavy atom. The molecule has 1 rings (SSSR count). The largest absolute Gasteiger partial charge is 0.399 e. The molecule has 0 aromatic heterocycles. The Bertz CT molecular complexity index is 344. The molecule has 0 aliphatic carbocycles. The standard InChI is InChI=1S/C13H20FNOS/c1-10(2)5-6-16-7-8-17-13-4-3-11(15)9-12(13)14/h3-4,9-10H,5-8,15H2,1-2H3. The maximum Gasteiger partial charge on any atom is 0.138 e. The van der Waals surface area contributed by atoms with Crippen molar-refractivity contribution in [2.45, 2.75) is 25.2 Å². The van der Waals surface area contributed by atoms with Crippen LogP contribution in [0.5, 0.6) is 0 Å². The number of benzene rings is 1. The van der Waals surface area contributed by atoms with Crippen LogP contribution in [0.4, 0.5) is 10.1 Å². The summed E-state index contributed by atoms with van der Waals surface area (Å²) in [6, 6.07) is 4.77. The van der Waals surface area contributed by atoms with Crippen molar-refractivity contribution in [2.24, 2.45) is 5.92 Å². The molecule has 4 heteroatoms. The third kappa shape index (κ3) is 5.94. The van der Waals surface area contributed by atoms with Crippen LogP contribution in [-0.4, -0.2) is 19.0 Å². The Balaban J connectivity index is 2.18. The summed E-state index contributed by atoms with van der Waals surface area (Å²) in [5, 5.41) is 0. The molecule has 2 nitrogen and oxygen atoms in total. The Kier molecular flexibility index (Phi) is 6.37. The molecule has 0 aliphatic rings. The number of anilines is 1. The van der Waals surface area contributed by atoms with Crippen molar-refractivity contribution in [2.75, 3.05) is 24.7 Å². The second-order valence-corrected chi connectivity index (χ2v) is 5.47. The predicted octanol–water partition coefficient (Wildman–Crippen LogP) is 3.56. The van der Waals surface area contributed by atoms with E-state index >= 15 is 0 Å². The zero-order chi connectivity index (χ0) is 12.7. The van der Waals surface area contributed by atoms with Crippen LogP contribution in [0.15, 0.2) is 23.1 Å². The first kappa shape index (κ1) is 14.3. The molecular formula is C13H20FNOS. The lowest BCUT2D eigenvalue weighted by molar-refractivity contribution is 0.138. The quantitative estimate of drug-likeness (QED) is 0.461. The number of ether oxygens (including phenoxy) is 1. The molecule has 0 unspecified atom stereocenters. The molecule has 0 amide bonds. The Hall–Kier alpha value is -0.740. The van der Waals surface area contributed by atoms with Gasteiger partial charge in [-0.3, -0.25) is 0 Å². The van der Waals surface area contributed by atoms with Crippen LogP contribution in [-0.2, 0) is 4.74 Å². The molecule has 2 N–H and O–H groups in total. The van der Waals surface area contributed by atoms with Gasteiger partial charge in [-0.15, -0.1) is 11.8 Å². The molecule has 0 spiro atoms. The summed E-state index contributed by atoms with van der Waals surface area (Å²) in [5.41, 5.74) is 5.93. The van der Waals surface area contributed by atoms with Crippen LogP contribution < -0.4 is 5.73 Å². The molecule has 0 saturated carbocycles. The number of hydrogen-bond donors (Lipinski definition) is 1. The fourth-order valence-corrected chi connectivity index (χ4v) is 2.05. The van der Waals surface area contributed by atoms with E-state index in [1.165, 1.54) is 17.8 Å². The summed E-state index contributed by atoms with van der Waals surface area (Å²) in [4.78, 5) is 0.631. The summed E-state index contributed by atoms with van der Waals surface area (Å²) >= 11 is 1.46. The van der Waals surface area contributed by atoms with Gasteiger partial charge in [0.05, 0.1) is 6.61 Å². The van der Waals surface area contributed by atoms with Crippen molar-refractivity contribution in [1.82, 2.24) is 0 Å². The van der Waals surface area contributed by atoms with E-state index in [9.17, 15) is 4.39 Å². The van der Waals surface area contributed by atoms with E-state index in [0.717, 1.165) is 18.8 Å². The fraction of sp³-hybridized carbons (Fsp3) is 0.538. The molecule has 1 aromatic carbocycles. The predicted molar refractivity (Wildman–Crippen MR) is 71.8 cm³/mol. The summed E-state index contributed by atoms with van der Waals surface area (Å²) < 4.78 is 18.9. The third-order valence-electron chi connectivity index (χ3n) is 2.28. The van der Waals surface area contributed by atoms with Gasteiger partial charge < -0.3 is 10.5 Å². The minimum absolute atomic E-state index is 0.253. The molecule has 17 heavy (non-hydrogen) atoms. The highest BCUT2D eigenvalue weighted by atomic mass is 32.2. The van der Waals surface area contributed by atoms with E-state index in [2.05, 4.69) is 13.8 Å². The smallest absolute Gasteiger partial charge is 0.138 e. The van der Waals surface area contributed by atoms with Crippen molar-refractivity contribution < 1.29 is 9.13 Å². The van der Waals surface area contributed by atoms with Crippen LogP contribution in [0.3, 0.4) is 0 Å².